The molecule has 0 bridgehead atoms. The van der Waals surface area contributed by atoms with Crippen molar-refractivity contribution in [1.82, 2.24) is 4.90 Å². The molecule has 1 heterocycles. The molecule has 1 aliphatic rings. The van der Waals surface area contributed by atoms with Gasteiger partial charge in [-0.05, 0) is 19.4 Å². The van der Waals surface area contributed by atoms with Crippen molar-refractivity contribution in [2.75, 3.05) is 24.6 Å². The zero-order chi connectivity index (χ0) is 10.4. The Balaban J connectivity index is 2.37. The molecule has 0 amide bonds. The van der Waals surface area contributed by atoms with Gasteiger partial charge in [-0.25, -0.2) is 0 Å². The van der Waals surface area contributed by atoms with Crippen LogP contribution in [-0.4, -0.2) is 46.6 Å². The molecule has 1 saturated heterocycles. The third-order valence-corrected chi connectivity index (χ3v) is 3.40. The quantitative estimate of drug-likeness (QED) is 0.557. The molecule has 0 aliphatic carbocycles. The molecular formula is C10H17NO2S. The zero-order valence-corrected chi connectivity index (χ0v) is 9.13. The van der Waals surface area contributed by atoms with E-state index in [2.05, 4.69) is 11.5 Å². The SMILES string of the molecule is C=CCCCN1CCSCC1C(=O)O. The Hall–Kier alpha value is -0.480. The molecule has 1 fully saturated rings. The molecule has 1 N–H and O–H groups in total. The minimum atomic E-state index is -0.684. The summed E-state index contributed by atoms with van der Waals surface area (Å²) in [5.74, 6) is 1.09. The van der Waals surface area contributed by atoms with E-state index < -0.39 is 5.97 Å². The number of carbonyl (C=O) groups is 1. The first-order valence-electron chi connectivity index (χ1n) is 4.91. The summed E-state index contributed by atoms with van der Waals surface area (Å²) in [6, 6.07) is -0.279. The predicted molar refractivity (Wildman–Crippen MR) is 59.8 cm³/mol. The highest BCUT2D eigenvalue weighted by Crippen LogP contribution is 2.17. The van der Waals surface area contributed by atoms with Crippen molar-refractivity contribution in [3.05, 3.63) is 12.7 Å². The van der Waals surface area contributed by atoms with Gasteiger partial charge in [0.2, 0.25) is 0 Å². The maximum absolute atomic E-state index is 10.9. The Morgan fingerprint density at radius 1 is 1.71 bits per heavy atom. The summed E-state index contributed by atoms with van der Waals surface area (Å²) in [5.41, 5.74) is 0. The smallest absolute Gasteiger partial charge is 0.321 e. The summed E-state index contributed by atoms with van der Waals surface area (Å²) in [6.45, 7) is 5.44. The van der Waals surface area contributed by atoms with Gasteiger partial charge in [0.05, 0.1) is 0 Å². The lowest BCUT2D eigenvalue weighted by atomic mass is 10.2. The van der Waals surface area contributed by atoms with Gasteiger partial charge in [0.25, 0.3) is 0 Å². The van der Waals surface area contributed by atoms with Gasteiger partial charge < -0.3 is 5.11 Å². The molecule has 0 radical (unpaired) electrons. The third-order valence-electron chi connectivity index (χ3n) is 2.38. The summed E-state index contributed by atoms with van der Waals surface area (Å²) in [5, 5.41) is 8.99. The van der Waals surface area contributed by atoms with Gasteiger partial charge in [0.15, 0.2) is 0 Å². The van der Waals surface area contributed by atoms with Crippen LogP contribution in [0.3, 0.4) is 0 Å². The van der Waals surface area contributed by atoms with Crippen LogP contribution in [0.25, 0.3) is 0 Å². The van der Waals surface area contributed by atoms with E-state index in [4.69, 9.17) is 5.11 Å². The van der Waals surface area contributed by atoms with Crippen molar-refractivity contribution in [3.8, 4) is 0 Å². The number of carboxylic acid groups (broad SMARTS) is 1. The molecule has 0 aromatic rings. The summed E-state index contributed by atoms with van der Waals surface area (Å²) in [6.07, 6.45) is 3.86. The molecule has 3 nitrogen and oxygen atoms in total. The summed E-state index contributed by atoms with van der Waals surface area (Å²) in [4.78, 5) is 13.0. The number of allylic oxidation sites excluding steroid dienone is 1. The molecule has 1 rings (SSSR count). The van der Waals surface area contributed by atoms with Crippen molar-refractivity contribution >= 4 is 17.7 Å². The average Bonchev–Trinajstić information content (AvgIpc) is 2.19. The molecule has 14 heavy (non-hydrogen) atoms. The molecule has 0 aromatic heterocycles. The lowest BCUT2D eigenvalue weighted by molar-refractivity contribution is -0.142. The second-order valence-electron chi connectivity index (χ2n) is 3.40. The zero-order valence-electron chi connectivity index (χ0n) is 8.32. The van der Waals surface area contributed by atoms with Gasteiger partial charge in [0, 0.05) is 18.1 Å². The maximum atomic E-state index is 10.9. The molecule has 4 heteroatoms. The Labute approximate surface area is 89.2 Å². The van der Waals surface area contributed by atoms with Crippen LogP contribution in [0, 0.1) is 0 Å². The van der Waals surface area contributed by atoms with Crippen LogP contribution in [-0.2, 0) is 4.79 Å². The van der Waals surface area contributed by atoms with Crippen molar-refractivity contribution in [1.29, 1.82) is 0 Å². The fourth-order valence-electron chi connectivity index (χ4n) is 1.57. The number of rotatable bonds is 5. The van der Waals surface area contributed by atoms with E-state index in [1.807, 2.05) is 6.08 Å². The van der Waals surface area contributed by atoms with Crippen LogP contribution in [0.4, 0.5) is 0 Å². The Kier molecular flexibility index (Phi) is 5.04. The first-order valence-corrected chi connectivity index (χ1v) is 6.06. The number of hydrogen-bond acceptors (Lipinski definition) is 3. The van der Waals surface area contributed by atoms with E-state index in [9.17, 15) is 4.79 Å². The fourth-order valence-corrected chi connectivity index (χ4v) is 2.68. The molecule has 0 saturated carbocycles. The highest BCUT2D eigenvalue weighted by Gasteiger charge is 2.27. The van der Waals surface area contributed by atoms with E-state index >= 15 is 0 Å². The number of thioether (sulfide) groups is 1. The number of carboxylic acids is 1. The molecule has 1 atom stereocenters. The summed E-state index contributed by atoms with van der Waals surface area (Å²) < 4.78 is 0. The first kappa shape index (κ1) is 11.6. The van der Waals surface area contributed by atoms with Crippen LogP contribution in [0.15, 0.2) is 12.7 Å². The highest BCUT2D eigenvalue weighted by atomic mass is 32.2. The van der Waals surface area contributed by atoms with Crippen LogP contribution < -0.4 is 0 Å². The fraction of sp³-hybridized carbons (Fsp3) is 0.700. The van der Waals surface area contributed by atoms with E-state index in [1.165, 1.54) is 0 Å². The minimum absolute atomic E-state index is 0.279. The lowest BCUT2D eigenvalue weighted by Crippen LogP contribution is -2.47. The second-order valence-corrected chi connectivity index (χ2v) is 4.55. The highest BCUT2D eigenvalue weighted by molar-refractivity contribution is 7.99. The van der Waals surface area contributed by atoms with Gasteiger partial charge in [-0.1, -0.05) is 6.08 Å². The van der Waals surface area contributed by atoms with E-state index in [1.54, 1.807) is 11.8 Å². The average molecular weight is 215 g/mol. The lowest BCUT2D eigenvalue weighted by Gasteiger charge is -2.32. The van der Waals surface area contributed by atoms with Crippen LogP contribution in [0.1, 0.15) is 12.8 Å². The maximum Gasteiger partial charge on any atom is 0.321 e. The van der Waals surface area contributed by atoms with E-state index in [-0.39, 0.29) is 6.04 Å². The third kappa shape index (κ3) is 3.35. The normalized spacial score (nSPS) is 23.3. The second kappa shape index (κ2) is 6.09. The van der Waals surface area contributed by atoms with Crippen molar-refractivity contribution < 1.29 is 9.90 Å². The van der Waals surface area contributed by atoms with Crippen molar-refractivity contribution in [2.24, 2.45) is 0 Å². The van der Waals surface area contributed by atoms with E-state index in [0.717, 1.165) is 37.4 Å². The van der Waals surface area contributed by atoms with Crippen LogP contribution in [0.2, 0.25) is 0 Å². The molecule has 1 unspecified atom stereocenters. The Morgan fingerprint density at radius 3 is 3.14 bits per heavy atom. The molecule has 0 aromatic carbocycles. The van der Waals surface area contributed by atoms with Gasteiger partial charge in [0.1, 0.15) is 6.04 Å². The number of unbranched alkanes of at least 4 members (excludes halogenated alkanes) is 1. The van der Waals surface area contributed by atoms with Gasteiger partial charge in [-0.3, -0.25) is 9.69 Å². The first-order chi connectivity index (χ1) is 6.75. The number of aliphatic carboxylic acids is 1. The predicted octanol–water partition coefficient (Wildman–Crippen LogP) is 1.45. The Bertz CT molecular complexity index is 208. The van der Waals surface area contributed by atoms with Crippen molar-refractivity contribution in [2.45, 2.75) is 18.9 Å². The molecular weight excluding hydrogens is 198 g/mol. The van der Waals surface area contributed by atoms with Gasteiger partial charge in [-0.2, -0.15) is 11.8 Å². The van der Waals surface area contributed by atoms with Crippen LogP contribution >= 0.6 is 11.8 Å². The van der Waals surface area contributed by atoms with E-state index in [0.29, 0.717) is 0 Å². The molecule has 1 aliphatic heterocycles. The van der Waals surface area contributed by atoms with Crippen molar-refractivity contribution in [3.63, 3.8) is 0 Å². The number of nitrogens with zero attached hydrogens (tertiary/aromatic N) is 1. The summed E-state index contributed by atoms with van der Waals surface area (Å²) >= 11 is 1.73. The molecule has 80 valence electrons. The minimum Gasteiger partial charge on any atom is -0.480 e. The largest absolute Gasteiger partial charge is 0.480 e. The number of hydrogen-bond donors (Lipinski definition) is 1. The van der Waals surface area contributed by atoms with Gasteiger partial charge in [-0.15, -0.1) is 6.58 Å². The summed E-state index contributed by atoms with van der Waals surface area (Å²) in [7, 11) is 0. The topological polar surface area (TPSA) is 40.5 Å². The van der Waals surface area contributed by atoms with Gasteiger partial charge >= 0.3 is 5.97 Å². The Morgan fingerprint density at radius 2 is 2.50 bits per heavy atom. The molecule has 0 spiro atoms. The standard InChI is InChI=1S/C10H17NO2S/c1-2-3-4-5-11-6-7-14-8-9(11)10(12)13/h2,9H,1,3-8H2,(H,12,13). The monoisotopic (exact) mass is 215 g/mol. The van der Waals surface area contributed by atoms with Crippen LogP contribution in [0.5, 0.6) is 0 Å².